The van der Waals surface area contributed by atoms with Gasteiger partial charge in [-0.05, 0) is 24.1 Å². The summed E-state index contributed by atoms with van der Waals surface area (Å²) >= 11 is 0. The van der Waals surface area contributed by atoms with Crippen molar-refractivity contribution in [3.8, 4) is 0 Å². The first-order chi connectivity index (χ1) is 8.63. The summed E-state index contributed by atoms with van der Waals surface area (Å²) in [5, 5.41) is 8.95. The van der Waals surface area contributed by atoms with Gasteiger partial charge >= 0.3 is 5.97 Å². The number of hydrogen-bond acceptors (Lipinski definition) is 3. The van der Waals surface area contributed by atoms with Crippen molar-refractivity contribution < 1.29 is 14.7 Å². The highest BCUT2D eigenvalue weighted by atomic mass is 16.4. The van der Waals surface area contributed by atoms with Gasteiger partial charge in [0.2, 0.25) is 0 Å². The molecule has 18 heavy (non-hydrogen) atoms. The molecule has 1 aliphatic heterocycles. The van der Waals surface area contributed by atoms with E-state index in [9.17, 15) is 9.59 Å². The Morgan fingerprint density at radius 3 is 2.89 bits per heavy atom. The van der Waals surface area contributed by atoms with Gasteiger partial charge in [-0.3, -0.25) is 4.79 Å². The van der Waals surface area contributed by atoms with Gasteiger partial charge in [-0.15, -0.1) is 0 Å². The third-order valence-corrected chi connectivity index (χ3v) is 2.89. The molecule has 0 spiro atoms. The highest BCUT2D eigenvalue weighted by molar-refractivity contribution is 6.03. The minimum Gasteiger partial charge on any atom is -0.478 e. The first-order valence-electron chi connectivity index (χ1n) is 5.68. The maximum atomic E-state index is 11.9. The Morgan fingerprint density at radius 1 is 1.44 bits per heavy atom. The molecule has 0 bridgehead atoms. The van der Waals surface area contributed by atoms with Gasteiger partial charge in [-0.25, -0.2) is 4.79 Å². The summed E-state index contributed by atoms with van der Waals surface area (Å²) in [7, 11) is 0. The van der Waals surface area contributed by atoms with Gasteiger partial charge in [-0.2, -0.15) is 0 Å². The second kappa shape index (κ2) is 5.01. The summed E-state index contributed by atoms with van der Waals surface area (Å²) in [6.07, 6.45) is 3.75. The predicted molar refractivity (Wildman–Crippen MR) is 67.7 cm³/mol. The SMILES string of the molecule is NC/C=C/C(=O)N1CCc2ccc(C(=O)O)cc21. The number of amides is 1. The van der Waals surface area contributed by atoms with Gasteiger partial charge in [0.15, 0.2) is 0 Å². The molecule has 0 saturated carbocycles. The monoisotopic (exact) mass is 246 g/mol. The molecule has 0 atom stereocenters. The first kappa shape index (κ1) is 12.3. The topological polar surface area (TPSA) is 83.6 Å². The van der Waals surface area contributed by atoms with Crippen molar-refractivity contribution in [3.63, 3.8) is 0 Å². The Labute approximate surface area is 105 Å². The Hall–Kier alpha value is -2.14. The summed E-state index contributed by atoms with van der Waals surface area (Å²) in [6.45, 7) is 0.883. The third kappa shape index (κ3) is 2.26. The number of rotatable bonds is 3. The molecule has 94 valence electrons. The number of carbonyl (C=O) groups excluding carboxylic acids is 1. The lowest BCUT2D eigenvalue weighted by molar-refractivity contribution is -0.114. The number of anilines is 1. The summed E-state index contributed by atoms with van der Waals surface area (Å²) in [5.41, 5.74) is 7.17. The van der Waals surface area contributed by atoms with E-state index in [2.05, 4.69) is 0 Å². The molecule has 2 rings (SSSR count). The van der Waals surface area contributed by atoms with E-state index in [1.165, 1.54) is 6.08 Å². The fourth-order valence-electron chi connectivity index (χ4n) is 2.00. The van der Waals surface area contributed by atoms with Crippen LogP contribution in [0.3, 0.4) is 0 Å². The summed E-state index contributed by atoms with van der Waals surface area (Å²) in [6, 6.07) is 4.86. The Morgan fingerprint density at radius 2 is 2.22 bits per heavy atom. The van der Waals surface area contributed by atoms with Crippen LogP contribution in [0.5, 0.6) is 0 Å². The van der Waals surface area contributed by atoms with E-state index >= 15 is 0 Å². The Balaban J connectivity index is 2.31. The lowest BCUT2D eigenvalue weighted by atomic mass is 10.1. The molecule has 0 unspecified atom stereocenters. The summed E-state index contributed by atoms with van der Waals surface area (Å²) in [4.78, 5) is 24.4. The lowest BCUT2D eigenvalue weighted by Gasteiger charge is -2.15. The minimum atomic E-state index is -0.991. The van der Waals surface area contributed by atoms with Crippen LogP contribution in [0.25, 0.3) is 0 Å². The molecular formula is C13H14N2O3. The molecule has 0 saturated heterocycles. The molecule has 0 aliphatic carbocycles. The molecule has 5 heteroatoms. The molecule has 1 amide bonds. The van der Waals surface area contributed by atoms with Crippen LogP contribution in [-0.2, 0) is 11.2 Å². The fourth-order valence-corrected chi connectivity index (χ4v) is 2.00. The van der Waals surface area contributed by atoms with Crippen molar-refractivity contribution in [2.45, 2.75) is 6.42 Å². The molecule has 1 aromatic carbocycles. The second-order valence-electron chi connectivity index (χ2n) is 4.03. The predicted octanol–water partition coefficient (Wildman–Crippen LogP) is 0.789. The molecule has 1 heterocycles. The maximum absolute atomic E-state index is 11.9. The van der Waals surface area contributed by atoms with Crippen molar-refractivity contribution >= 4 is 17.6 Å². The molecule has 0 radical (unpaired) electrons. The molecule has 1 aromatic rings. The van der Waals surface area contributed by atoms with Crippen LogP contribution in [0.15, 0.2) is 30.4 Å². The normalized spacial score (nSPS) is 13.9. The van der Waals surface area contributed by atoms with Crippen LogP contribution in [0, 0.1) is 0 Å². The van der Waals surface area contributed by atoms with Crippen molar-refractivity contribution in [3.05, 3.63) is 41.5 Å². The molecule has 5 nitrogen and oxygen atoms in total. The van der Waals surface area contributed by atoms with Crippen molar-refractivity contribution in [1.29, 1.82) is 0 Å². The van der Waals surface area contributed by atoms with Crippen LogP contribution in [0.4, 0.5) is 5.69 Å². The average molecular weight is 246 g/mol. The first-order valence-corrected chi connectivity index (χ1v) is 5.68. The largest absolute Gasteiger partial charge is 0.478 e. The van der Waals surface area contributed by atoms with Crippen LogP contribution >= 0.6 is 0 Å². The van der Waals surface area contributed by atoms with Crippen molar-refractivity contribution in [1.82, 2.24) is 0 Å². The zero-order valence-corrected chi connectivity index (χ0v) is 9.80. The van der Waals surface area contributed by atoms with Crippen molar-refractivity contribution in [2.75, 3.05) is 18.0 Å². The molecule has 1 aliphatic rings. The number of aromatic carboxylic acids is 1. The second-order valence-corrected chi connectivity index (χ2v) is 4.03. The number of carboxylic acid groups (broad SMARTS) is 1. The number of carboxylic acids is 1. The highest BCUT2D eigenvalue weighted by Gasteiger charge is 2.24. The van der Waals surface area contributed by atoms with Gasteiger partial charge in [0.05, 0.1) is 5.56 Å². The van der Waals surface area contributed by atoms with Gasteiger partial charge in [0.1, 0.15) is 0 Å². The van der Waals surface area contributed by atoms with Gasteiger partial charge in [0, 0.05) is 24.9 Å². The number of carbonyl (C=O) groups is 2. The number of benzene rings is 1. The minimum absolute atomic E-state index is 0.165. The molecule has 3 N–H and O–H groups in total. The molecule has 0 aromatic heterocycles. The van der Waals surface area contributed by atoms with E-state index < -0.39 is 5.97 Å². The van der Waals surface area contributed by atoms with Crippen LogP contribution in [0.1, 0.15) is 15.9 Å². The zero-order valence-electron chi connectivity index (χ0n) is 9.80. The number of nitrogens with two attached hydrogens (primary N) is 1. The lowest BCUT2D eigenvalue weighted by Crippen LogP contribution is -2.27. The van der Waals surface area contributed by atoms with Crippen LogP contribution in [0.2, 0.25) is 0 Å². The van der Waals surface area contributed by atoms with Gasteiger partial charge in [-0.1, -0.05) is 12.1 Å². The van der Waals surface area contributed by atoms with E-state index in [0.717, 1.165) is 12.0 Å². The van der Waals surface area contributed by atoms with Crippen LogP contribution in [-0.4, -0.2) is 30.1 Å². The molecular weight excluding hydrogens is 232 g/mol. The fraction of sp³-hybridized carbons (Fsp3) is 0.231. The smallest absolute Gasteiger partial charge is 0.335 e. The maximum Gasteiger partial charge on any atom is 0.335 e. The Bertz CT molecular complexity index is 523. The highest BCUT2D eigenvalue weighted by Crippen LogP contribution is 2.29. The van der Waals surface area contributed by atoms with E-state index in [-0.39, 0.29) is 11.5 Å². The molecule has 0 fully saturated rings. The van der Waals surface area contributed by atoms with Gasteiger partial charge < -0.3 is 15.7 Å². The van der Waals surface area contributed by atoms with E-state index in [0.29, 0.717) is 18.8 Å². The number of fused-ring (bicyclic) bond motifs is 1. The quantitative estimate of drug-likeness (QED) is 0.772. The standard InChI is InChI=1S/C13H14N2O3/c14-6-1-2-12(16)15-7-5-9-3-4-10(13(17)18)8-11(9)15/h1-4,8H,5-7,14H2,(H,17,18)/b2-1+. The summed E-state index contributed by atoms with van der Waals surface area (Å²) in [5.74, 6) is -1.16. The average Bonchev–Trinajstić information content (AvgIpc) is 2.78. The van der Waals surface area contributed by atoms with E-state index in [1.807, 2.05) is 0 Å². The zero-order chi connectivity index (χ0) is 13.1. The third-order valence-electron chi connectivity index (χ3n) is 2.89. The van der Waals surface area contributed by atoms with Crippen molar-refractivity contribution in [2.24, 2.45) is 5.73 Å². The number of nitrogens with zero attached hydrogens (tertiary/aromatic N) is 1. The van der Waals surface area contributed by atoms with E-state index in [1.54, 1.807) is 29.2 Å². The van der Waals surface area contributed by atoms with E-state index in [4.69, 9.17) is 10.8 Å². The summed E-state index contributed by atoms with van der Waals surface area (Å²) < 4.78 is 0. The number of hydrogen-bond donors (Lipinski definition) is 2. The Kier molecular flexibility index (Phi) is 3.43. The van der Waals surface area contributed by atoms with Crippen LogP contribution < -0.4 is 10.6 Å². The van der Waals surface area contributed by atoms with Gasteiger partial charge in [0.25, 0.3) is 5.91 Å².